The van der Waals surface area contributed by atoms with E-state index >= 15 is 0 Å². The molecule has 0 radical (unpaired) electrons. The van der Waals surface area contributed by atoms with Crippen LogP contribution < -0.4 is 16.0 Å². The van der Waals surface area contributed by atoms with Crippen molar-refractivity contribution in [1.82, 2.24) is 5.32 Å². The van der Waals surface area contributed by atoms with E-state index in [0.717, 1.165) is 31.4 Å². The predicted molar refractivity (Wildman–Crippen MR) is 108 cm³/mol. The molecule has 1 heterocycles. The number of carbonyl (C=O) groups excluding carboxylic acids is 2. The molecule has 1 aliphatic carbocycles. The molecule has 2 fully saturated rings. The summed E-state index contributed by atoms with van der Waals surface area (Å²) in [6, 6.07) is 13.0. The lowest BCUT2D eigenvalue weighted by Gasteiger charge is -2.12. The summed E-state index contributed by atoms with van der Waals surface area (Å²) in [5, 5.41) is 8.46. The Morgan fingerprint density at radius 1 is 1.00 bits per heavy atom. The van der Waals surface area contributed by atoms with Gasteiger partial charge in [0.05, 0.1) is 6.10 Å². The van der Waals surface area contributed by atoms with E-state index in [1.54, 1.807) is 36.4 Å². The van der Waals surface area contributed by atoms with E-state index in [4.69, 9.17) is 4.74 Å². The zero-order valence-electron chi connectivity index (χ0n) is 16.0. The van der Waals surface area contributed by atoms with E-state index in [1.807, 2.05) is 0 Å². The van der Waals surface area contributed by atoms with E-state index in [1.165, 1.54) is 12.1 Å². The first kappa shape index (κ1) is 19.4. The molecule has 0 spiro atoms. The van der Waals surface area contributed by atoms with Crippen LogP contribution in [0.4, 0.5) is 20.6 Å². The molecule has 6 nitrogen and oxygen atoms in total. The second-order valence-electron chi connectivity index (χ2n) is 7.54. The molecular formula is C22H24FN3O3. The van der Waals surface area contributed by atoms with Gasteiger partial charge in [0, 0.05) is 30.4 Å². The first-order valence-electron chi connectivity index (χ1n) is 9.91. The monoisotopic (exact) mass is 397 g/mol. The van der Waals surface area contributed by atoms with Crippen LogP contribution in [-0.2, 0) is 9.53 Å². The zero-order valence-corrected chi connectivity index (χ0v) is 16.0. The Morgan fingerprint density at radius 2 is 1.69 bits per heavy atom. The second kappa shape index (κ2) is 8.61. The number of nitrogens with one attached hydrogen (secondary N) is 3. The average Bonchev–Trinajstić information content (AvgIpc) is 3.35. The molecule has 2 aliphatic rings. The van der Waals surface area contributed by atoms with Crippen LogP contribution in [0.1, 0.15) is 30.7 Å². The van der Waals surface area contributed by atoms with Gasteiger partial charge in [0.2, 0.25) is 5.91 Å². The van der Waals surface area contributed by atoms with Crippen LogP contribution in [0.3, 0.4) is 0 Å². The number of benzene rings is 2. The van der Waals surface area contributed by atoms with Gasteiger partial charge < -0.3 is 20.7 Å². The van der Waals surface area contributed by atoms with Crippen LogP contribution in [0, 0.1) is 11.7 Å². The predicted octanol–water partition coefficient (Wildman–Crippen LogP) is 3.87. The maximum Gasteiger partial charge on any atom is 0.319 e. The molecular weight excluding hydrogens is 373 g/mol. The average molecular weight is 397 g/mol. The maximum absolute atomic E-state index is 13.0. The molecule has 2 aromatic carbocycles. The minimum absolute atomic E-state index is 0.0469. The van der Waals surface area contributed by atoms with Crippen molar-refractivity contribution in [2.24, 2.45) is 5.92 Å². The highest BCUT2D eigenvalue weighted by Gasteiger charge is 2.43. The van der Waals surface area contributed by atoms with Gasteiger partial charge in [-0.3, -0.25) is 4.79 Å². The summed E-state index contributed by atoms with van der Waals surface area (Å²) in [6.07, 6.45) is 2.87. The van der Waals surface area contributed by atoms with Crippen LogP contribution in [0.25, 0.3) is 0 Å². The quantitative estimate of drug-likeness (QED) is 0.692. The lowest BCUT2D eigenvalue weighted by molar-refractivity contribution is -0.117. The van der Waals surface area contributed by atoms with E-state index in [0.29, 0.717) is 17.9 Å². The Bertz CT molecular complexity index is 864. The Balaban J connectivity index is 1.23. The van der Waals surface area contributed by atoms with Crippen LogP contribution in [-0.4, -0.2) is 31.2 Å². The molecule has 0 bridgehead atoms. The van der Waals surface area contributed by atoms with Crippen molar-refractivity contribution >= 4 is 23.3 Å². The molecule has 3 unspecified atom stereocenters. The van der Waals surface area contributed by atoms with Crippen molar-refractivity contribution in [3.63, 3.8) is 0 Å². The van der Waals surface area contributed by atoms with Crippen molar-refractivity contribution in [2.75, 3.05) is 23.8 Å². The summed E-state index contributed by atoms with van der Waals surface area (Å²) in [6.45, 7) is 1.25. The molecule has 1 aliphatic heterocycles. The minimum atomic E-state index is -0.280. The van der Waals surface area contributed by atoms with Crippen LogP contribution >= 0.6 is 0 Å². The number of hydrogen-bond donors (Lipinski definition) is 3. The third-order valence-electron chi connectivity index (χ3n) is 5.35. The summed E-state index contributed by atoms with van der Waals surface area (Å²) in [4.78, 5) is 24.4. The molecule has 4 rings (SSSR count). The fraction of sp³-hybridized carbons (Fsp3) is 0.364. The molecule has 1 saturated carbocycles. The van der Waals surface area contributed by atoms with E-state index in [-0.39, 0.29) is 35.7 Å². The lowest BCUT2D eigenvalue weighted by atomic mass is 10.1. The molecule has 3 atom stereocenters. The highest BCUT2D eigenvalue weighted by atomic mass is 19.1. The number of hydrogen-bond acceptors (Lipinski definition) is 3. The van der Waals surface area contributed by atoms with E-state index < -0.39 is 0 Å². The number of carbonyl (C=O) groups is 2. The molecule has 152 valence electrons. The van der Waals surface area contributed by atoms with Crippen molar-refractivity contribution in [1.29, 1.82) is 0 Å². The van der Waals surface area contributed by atoms with Crippen LogP contribution in [0.15, 0.2) is 48.5 Å². The minimum Gasteiger partial charge on any atom is -0.376 e. The molecule has 29 heavy (non-hydrogen) atoms. The molecule has 1 saturated heterocycles. The highest BCUT2D eigenvalue weighted by molar-refractivity contribution is 5.95. The fourth-order valence-electron chi connectivity index (χ4n) is 3.62. The smallest absolute Gasteiger partial charge is 0.319 e. The second-order valence-corrected chi connectivity index (χ2v) is 7.54. The first-order valence-corrected chi connectivity index (χ1v) is 9.91. The molecule has 2 aromatic rings. The van der Waals surface area contributed by atoms with Gasteiger partial charge in [-0.1, -0.05) is 12.1 Å². The Kier molecular flexibility index (Phi) is 5.76. The molecule has 7 heteroatoms. The summed E-state index contributed by atoms with van der Waals surface area (Å²) in [7, 11) is 0. The summed E-state index contributed by atoms with van der Waals surface area (Å²) >= 11 is 0. The lowest BCUT2D eigenvalue weighted by Crippen LogP contribution is -2.35. The van der Waals surface area contributed by atoms with Gasteiger partial charge in [-0.2, -0.15) is 0 Å². The normalized spacial score (nSPS) is 22.7. The van der Waals surface area contributed by atoms with Crippen molar-refractivity contribution in [2.45, 2.75) is 31.3 Å². The summed E-state index contributed by atoms with van der Waals surface area (Å²) in [5.41, 5.74) is 2.30. The van der Waals surface area contributed by atoms with Gasteiger partial charge in [-0.15, -0.1) is 0 Å². The van der Waals surface area contributed by atoms with Crippen LogP contribution in [0.2, 0.25) is 0 Å². The Labute approximate surface area is 168 Å². The Morgan fingerprint density at radius 3 is 2.34 bits per heavy atom. The van der Waals surface area contributed by atoms with Gasteiger partial charge in [0.25, 0.3) is 0 Å². The molecule has 3 amide bonds. The molecule has 0 aromatic heterocycles. The number of anilines is 2. The topological polar surface area (TPSA) is 79.5 Å². The van der Waals surface area contributed by atoms with Crippen molar-refractivity contribution in [3.8, 4) is 0 Å². The van der Waals surface area contributed by atoms with Crippen molar-refractivity contribution in [3.05, 3.63) is 59.9 Å². The standard InChI is InChI=1S/C22H24FN3O3/c23-15-5-3-14(4-6-15)19-12-20(19)21(27)25-16-7-9-17(10-8-16)26-22(28)24-13-18-2-1-11-29-18/h3-10,18-20H,1-2,11-13H2,(H,25,27)(H2,24,26,28). The van der Waals surface area contributed by atoms with Gasteiger partial charge in [-0.25, -0.2) is 9.18 Å². The highest BCUT2D eigenvalue weighted by Crippen LogP contribution is 2.48. The number of ether oxygens (including phenoxy) is 1. The SMILES string of the molecule is O=C(NCC1CCCO1)Nc1ccc(NC(=O)C2CC2c2ccc(F)cc2)cc1. The number of amides is 3. The zero-order chi connectivity index (χ0) is 20.2. The van der Waals surface area contributed by atoms with Gasteiger partial charge in [0.15, 0.2) is 0 Å². The third-order valence-corrected chi connectivity index (χ3v) is 5.35. The number of urea groups is 1. The Hall–Kier alpha value is -2.93. The third kappa shape index (κ3) is 5.12. The maximum atomic E-state index is 13.0. The van der Waals surface area contributed by atoms with Gasteiger partial charge >= 0.3 is 6.03 Å². The number of rotatable bonds is 6. The number of halogens is 1. The molecule has 3 N–H and O–H groups in total. The van der Waals surface area contributed by atoms with E-state index in [2.05, 4.69) is 16.0 Å². The largest absolute Gasteiger partial charge is 0.376 e. The van der Waals surface area contributed by atoms with Gasteiger partial charge in [0.1, 0.15) is 5.82 Å². The van der Waals surface area contributed by atoms with Crippen LogP contribution in [0.5, 0.6) is 0 Å². The summed E-state index contributed by atoms with van der Waals surface area (Å²) < 4.78 is 18.5. The first-order chi connectivity index (χ1) is 14.1. The fourth-order valence-corrected chi connectivity index (χ4v) is 3.62. The summed E-state index contributed by atoms with van der Waals surface area (Å²) in [5.74, 6) is -0.273. The van der Waals surface area contributed by atoms with Crippen molar-refractivity contribution < 1.29 is 18.7 Å². The van der Waals surface area contributed by atoms with E-state index in [9.17, 15) is 14.0 Å². The van der Waals surface area contributed by atoms with Gasteiger partial charge in [-0.05, 0) is 67.1 Å².